The summed E-state index contributed by atoms with van der Waals surface area (Å²) in [6, 6.07) is 0. The van der Waals surface area contributed by atoms with E-state index in [0.29, 0.717) is 17.3 Å². The summed E-state index contributed by atoms with van der Waals surface area (Å²) in [5.41, 5.74) is 0. The lowest BCUT2D eigenvalue weighted by atomic mass is 9.99. The van der Waals surface area contributed by atoms with Gasteiger partial charge in [0, 0.05) is 13.1 Å². The van der Waals surface area contributed by atoms with Gasteiger partial charge in [-0.1, -0.05) is 0 Å². The molecule has 0 aliphatic carbocycles. The van der Waals surface area contributed by atoms with Crippen LogP contribution in [0.2, 0.25) is 0 Å². The van der Waals surface area contributed by atoms with Crippen molar-refractivity contribution in [2.45, 2.75) is 17.7 Å². The molecule has 1 aromatic heterocycles. The number of nitrogens with zero attached hydrogens (tertiary/aromatic N) is 1. The summed E-state index contributed by atoms with van der Waals surface area (Å²) >= 11 is 3.11. The van der Waals surface area contributed by atoms with Crippen LogP contribution in [0.5, 0.6) is 0 Å². The second-order valence-corrected chi connectivity index (χ2v) is 6.86. The van der Waals surface area contributed by atoms with Gasteiger partial charge >= 0.3 is 5.97 Å². The third kappa shape index (κ3) is 2.45. The molecule has 0 aromatic carbocycles. The molecular formula is C10H12BrNO5S. The summed E-state index contributed by atoms with van der Waals surface area (Å²) in [6.45, 7) is 0.438. The Morgan fingerprint density at radius 1 is 1.39 bits per heavy atom. The van der Waals surface area contributed by atoms with Crippen LogP contribution in [0.25, 0.3) is 0 Å². The summed E-state index contributed by atoms with van der Waals surface area (Å²) in [4.78, 5) is 10.9. The van der Waals surface area contributed by atoms with Gasteiger partial charge in [-0.05, 0) is 28.8 Å². The zero-order valence-electron chi connectivity index (χ0n) is 9.37. The molecule has 0 unspecified atom stereocenters. The van der Waals surface area contributed by atoms with Crippen LogP contribution < -0.4 is 0 Å². The van der Waals surface area contributed by atoms with Gasteiger partial charge in [0.1, 0.15) is 17.4 Å². The molecule has 0 spiro atoms. The number of halogens is 1. The van der Waals surface area contributed by atoms with E-state index < -0.39 is 21.9 Å². The van der Waals surface area contributed by atoms with Gasteiger partial charge < -0.3 is 9.52 Å². The highest BCUT2D eigenvalue weighted by Crippen LogP contribution is 2.29. The van der Waals surface area contributed by atoms with Gasteiger partial charge in [0.05, 0.1) is 10.4 Å². The lowest BCUT2D eigenvalue weighted by Crippen LogP contribution is -2.40. The number of carbonyl (C=O) groups is 1. The van der Waals surface area contributed by atoms with Gasteiger partial charge in [-0.25, -0.2) is 8.42 Å². The SMILES string of the molecule is O=C(O)C1CCN(S(=O)(=O)c2cocc2Br)CC1. The first-order valence-electron chi connectivity index (χ1n) is 5.37. The number of piperidine rings is 1. The molecule has 1 aliphatic rings. The topological polar surface area (TPSA) is 87.8 Å². The van der Waals surface area contributed by atoms with Gasteiger partial charge in [-0.15, -0.1) is 0 Å². The van der Waals surface area contributed by atoms with Crippen molar-refractivity contribution in [3.05, 3.63) is 17.0 Å². The molecule has 100 valence electrons. The molecule has 1 saturated heterocycles. The number of carboxylic acid groups (broad SMARTS) is 1. The largest absolute Gasteiger partial charge is 0.481 e. The number of aliphatic carboxylic acids is 1. The quantitative estimate of drug-likeness (QED) is 0.903. The van der Waals surface area contributed by atoms with Gasteiger partial charge in [-0.3, -0.25) is 4.79 Å². The van der Waals surface area contributed by atoms with E-state index in [1.165, 1.54) is 16.8 Å². The van der Waals surface area contributed by atoms with Crippen LogP contribution in [0.1, 0.15) is 12.8 Å². The monoisotopic (exact) mass is 337 g/mol. The Morgan fingerprint density at radius 2 is 2.00 bits per heavy atom. The first-order valence-corrected chi connectivity index (χ1v) is 7.61. The Kier molecular flexibility index (Phi) is 3.79. The highest BCUT2D eigenvalue weighted by Gasteiger charge is 2.33. The van der Waals surface area contributed by atoms with E-state index in [4.69, 9.17) is 9.52 Å². The Morgan fingerprint density at radius 3 is 2.44 bits per heavy atom. The summed E-state index contributed by atoms with van der Waals surface area (Å²) in [5.74, 6) is -1.32. The molecule has 1 fully saturated rings. The standard InChI is InChI=1S/C10H12BrNO5S/c11-8-5-17-6-9(8)18(15,16)12-3-1-7(2-4-12)10(13)14/h5-7H,1-4H2,(H,13,14). The minimum Gasteiger partial charge on any atom is -0.481 e. The average molecular weight is 338 g/mol. The molecule has 1 N–H and O–H groups in total. The Bertz CT molecular complexity index is 544. The number of hydrogen-bond acceptors (Lipinski definition) is 4. The zero-order chi connectivity index (χ0) is 13.3. The van der Waals surface area contributed by atoms with Crippen LogP contribution in [0.4, 0.5) is 0 Å². The van der Waals surface area contributed by atoms with E-state index in [1.807, 2.05) is 0 Å². The van der Waals surface area contributed by atoms with Gasteiger partial charge in [0.15, 0.2) is 0 Å². The first kappa shape index (κ1) is 13.6. The molecule has 2 heterocycles. The smallest absolute Gasteiger partial charge is 0.306 e. The maximum Gasteiger partial charge on any atom is 0.306 e. The van der Waals surface area contributed by atoms with Crippen molar-refractivity contribution in [3.63, 3.8) is 0 Å². The summed E-state index contributed by atoms with van der Waals surface area (Å²) in [5, 5.41) is 8.86. The van der Waals surface area contributed by atoms with E-state index in [1.54, 1.807) is 0 Å². The first-order chi connectivity index (χ1) is 8.43. The second-order valence-electron chi connectivity index (χ2n) is 4.10. The fourth-order valence-corrected chi connectivity index (χ4v) is 4.19. The van der Waals surface area contributed by atoms with Gasteiger partial charge in [-0.2, -0.15) is 4.31 Å². The number of rotatable bonds is 3. The lowest BCUT2D eigenvalue weighted by molar-refractivity contribution is -0.142. The van der Waals surface area contributed by atoms with E-state index >= 15 is 0 Å². The van der Waals surface area contributed by atoms with Crippen LogP contribution in [-0.2, 0) is 14.8 Å². The van der Waals surface area contributed by atoms with Crippen LogP contribution >= 0.6 is 15.9 Å². The number of sulfonamides is 1. The van der Waals surface area contributed by atoms with Crippen LogP contribution in [0.15, 0.2) is 26.3 Å². The molecule has 6 nitrogen and oxygen atoms in total. The zero-order valence-corrected chi connectivity index (χ0v) is 11.8. The molecule has 18 heavy (non-hydrogen) atoms. The third-order valence-electron chi connectivity index (χ3n) is 3.00. The highest BCUT2D eigenvalue weighted by molar-refractivity contribution is 9.10. The van der Waals surface area contributed by atoms with Gasteiger partial charge in [0.2, 0.25) is 10.0 Å². The summed E-state index contributed by atoms with van der Waals surface area (Å²) in [6.07, 6.45) is 3.15. The number of carboxylic acids is 1. The summed E-state index contributed by atoms with van der Waals surface area (Å²) in [7, 11) is -3.60. The normalized spacial score (nSPS) is 18.9. The van der Waals surface area contributed by atoms with Crippen molar-refractivity contribution >= 4 is 31.9 Å². The van der Waals surface area contributed by atoms with E-state index in [2.05, 4.69) is 15.9 Å². The van der Waals surface area contributed by atoms with Crippen molar-refractivity contribution in [2.75, 3.05) is 13.1 Å². The summed E-state index contributed by atoms with van der Waals surface area (Å²) < 4.78 is 31.0. The Hall–Kier alpha value is -0.860. The maximum atomic E-state index is 12.2. The van der Waals surface area contributed by atoms with E-state index in [-0.39, 0.29) is 18.0 Å². The molecule has 1 aliphatic heterocycles. The Balaban J connectivity index is 2.15. The molecule has 0 atom stereocenters. The average Bonchev–Trinajstić information content (AvgIpc) is 2.76. The minimum absolute atomic E-state index is 0.0799. The highest BCUT2D eigenvalue weighted by atomic mass is 79.9. The van der Waals surface area contributed by atoms with Crippen LogP contribution in [0.3, 0.4) is 0 Å². The number of furan rings is 1. The van der Waals surface area contributed by atoms with Gasteiger partial charge in [0.25, 0.3) is 0 Å². The molecule has 0 amide bonds. The molecule has 2 rings (SSSR count). The van der Waals surface area contributed by atoms with Crippen molar-refractivity contribution in [2.24, 2.45) is 5.92 Å². The van der Waals surface area contributed by atoms with Crippen molar-refractivity contribution in [3.8, 4) is 0 Å². The second kappa shape index (κ2) is 5.02. The molecule has 8 heteroatoms. The lowest BCUT2D eigenvalue weighted by Gasteiger charge is -2.28. The molecule has 0 bridgehead atoms. The predicted molar refractivity (Wildman–Crippen MR) is 65.5 cm³/mol. The number of hydrogen-bond donors (Lipinski definition) is 1. The minimum atomic E-state index is -3.60. The maximum absolute atomic E-state index is 12.2. The Labute approximate surface area is 113 Å². The fourth-order valence-electron chi connectivity index (χ4n) is 1.94. The molecular weight excluding hydrogens is 326 g/mol. The van der Waals surface area contributed by atoms with Crippen molar-refractivity contribution in [1.29, 1.82) is 0 Å². The van der Waals surface area contributed by atoms with Crippen LogP contribution in [-0.4, -0.2) is 36.9 Å². The van der Waals surface area contributed by atoms with E-state index in [0.717, 1.165) is 0 Å². The molecule has 1 aromatic rings. The fraction of sp³-hybridized carbons (Fsp3) is 0.500. The molecule has 0 radical (unpaired) electrons. The van der Waals surface area contributed by atoms with Crippen molar-refractivity contribution < 1.29 is 22.7 Å². The molecule has 0 saturated carbocycles. The predicted octanol–water partition coefficient (Wildman–Crippen LogP) is 1.53. The van der Waals surface area contributed by atoms with E-state index in [9.17, 15) is 13.2 Å². The van der Waals surface area contributed by atoms with Crippen LogP contribution in [0, 0.1) is 5.92 Å². The third-order valence-corrected chi connectivity index (χ3v) is 5.80. The van der Waals surface area contributed by atoms with Crippen molar-refractivity contribution in [1.82, 2.24) is 4.31 Å².